The first kappa shape index (κ1) is 14.3. The molecule has 2 nitrogen and oxygen atoms in total. The number of hydrogen-bond acceptors (Lipinski definition) is 2. The molecule has 0 heterocycles. The molecule has 0 spiro atoms. The summed E-state index contributed by atoms with van der Waals surface area (Å²) in [5.41, 5.74) is 0.678. The van der Waals surface area contributed by atoms with Gasteiger partial charge in [-0.2, -0.15) is 13.2 Å². The Hall–Kier alpha value is -0.780. The van der Waals surface area contributed by atoms with E-state index in [9.17, 15) is 18.3 Å². The number of benzene rings is 1. The van der Waals surface area contributed by atoms with Gasteiger partial charge in [-0.05, 0) is 11.6 Å². The van der Waals surface area contributed by atoms with Gasteiger partial charge in [0.05, 0.1) is 12.7 Å². The molecular formula is C11H12ClF3O2. The zero-order valence-corrected chi connectivity index (χ0v) is 9.63. The molecule has 0 saturated carbocycles. The lowest BCUT2D eigenvalue weighted by molar-refractivity contribution is -0.179. The Morgan fingerprint density at radius 2 is 1.94 bits per heavy atom. The van der Waals surface area contributed by atoms with Crippen LogP contribution in [-0.2, 0) is 11.2 Å². The summed E-state index contributed by atoms with van der Waals surface area (Å²) in [6.45, 7) is -1.72. The molecule has 1 atom stereocenters. The van der Waals surface area contributed by atoms with E-state index in [2.05, 4.69) is 4.74 Å². The number of ether oxygens (including phenoxy) is 1. The molecule has 1 rings (SSSR count). The molecule has 0 aliphatic carbocycles. The van der Waals surface area contributed by atoms with E-state index in [0.29, 0.717) is 10.6 Å². The van der Waals surface area contributed by atoms with E-state index in [4.69, 9.17) is 11.6 Å². The smallest absolute Gasteiger partial charge is 0.390 e. The van der Waals surface area contributed by atoms with Crippen LogP contribution in [0.2, 0.25) is 5.02 Å². The molecule has 0 radical (unpaired) electrons. The number of rotatable bonds is 5. The van der Waals surface area contributed by atoms with E-state index in [0.717, 1.165) is 0 Å². The van der Waals surface area contributed by atoms with Crippen molar-refractivity contribution in [1.29, 1.82) is 0 Å². The molecule has 96 valence electrons. The maximum absolute atomic E-state index is 11.8. The lowest BCUT2D eigenvalue weighted by atomic mass is 10.1. The fraction of sp³-hybridized carbons (Fsp3) is 0.455. The van der Waals surface area contributed by atoms with E-state index in [1.54, 1.807) is 24.3 Å². The lowest BCUT2D eigenvalue weighted by Gasteiger charge is -2.13. The van der Waals surface area contributed by atoms with Crippen LogP contribution < -0.4 is 0 Å². The summed E-state index contributed by atoms with van der Waals surface area (Å²) in [5, 5.41) is 9.95. The van der Waals surface area contributed by atoms with Crippen molar-refractivity contribution >= 4 is 11.6 Å². The Bertz CT molecular complexity index is 355. The molecule has 1 aromatic rings. The van der Waals surface area contributed by atoms with E-state index in [1.807, 2.05) is 0 Å². The quantitative estimate of drug-likeness (QED) is 0.890. The summed E-state index contributed by atoms with van der Waals surface area (Å²) >= 11 is 5.84. The Morgan fingerprint density at radius 3 is 2.53 bits per heavy atom. The molecule has 0 fully saturated rings. The van der Waals surface area contributed by atoms with Gasteiger partial charge < -0.3 is 9.84 Å². The van der Waals surface area contributed by atoms with Crippen molar-refractivity contribution in [2.45, 2.75) is 18.7 Å². The van der Waals surface area contributed by atoms with Gasteiger partial charge in [0.25, 0.3) is 0 Å². The van der Waals surface area contributed by atoms with Crippen molar-refractivity contribution in [3.8, 4) is 0 Å². The first-order valence-electron chi connectivity index (χ1n) is 4.94. The second-order valence-corrected chi connectivity index (χ2v) is 3.99. The molecule has 1 unspecified atom stereocenters. The summed E-state index contributed by atoms with van der Waals surface area (Å²) in [6.07, 6.45) is -5.21. The predicted octanol–water partition coefficient (Wildman–Crippen LogP) is 2.82. The summed E-state index contributed by atoms with van der Waals surface area (Å²) in [5.74, 6) is 0. The zero-order chi connectivity index (χ0) is 12.9. The first-order chi connectivity index (χ1) is 7.88. The highest BCUT2D eigenvalue weighted by atomic mass is 35.5. The summed E-state index contributed by atoms with van der Waals surface area (Å²) in [7, 11) is 0. The van der Waals surface area contributed by atoms with Crippen molar-refractivity contribution in [2.24, 2.45) is 0 Å². The van der Waals surface area contributed by atoms with Crippen LogP contribution in [0.3, 0.4) is 0 Å². The molecule has 1 N–H and O–H groups in total. The Morgan fingerprint density at radius 1 is 1.29 bits per heavy atom. The highest BCUT2D eigenvalue weighted by Gasteiger charge is 2.27. The van der Waals surface area contributed by atoms with Crippen LogP contribution in [-0.4, -0.2) is 30.6 Å². The number of halogens is 4. The van der Waals surface area contributed by atoms with Gasteiger partial charge in [-0.3, -0.25) is 0 Å². The van der Waals surface area contributed by atoms with Gasteiger partial charge in [-0.25, -0.2) is 0 Å². The zero-order valence-electron chi connectivity index (χ0n) is 8.88. The molecule has 0 saturated heterocycles. The topological polar surface area (TPSA) is 29.5 Å². The minimum atomic E-state index is -4.37. The third kappa shape index (κ3) is 5.91. The predicted molar refractivity (Wildman–Crippen MR) is 58.0 cm³/mol. The van der Waals surface area contributed by atoms with Gasteiger partial charge in [0.1, 0.15) is 6.61 Å². The number of hydrogen-bond donors (Lipinski definition) is 1. The molecule has 17 heavy (non-hydrogen) atoms. The number of aliphatic hydroxyl groups is 1. The third-order valence-corrected chi connectivity index (χ3v) is 2.36. The summed E-state index contributed by atoms with van der Waals surface area (Å²) in [6, 6.07) is 6.83. The largest absolute Gasteiger partial charge is 0.411 e. The minimum absolute atomic E-state index is 0.164. The van der Waals surface area contributed by atoms with Crippen LogP contribution in [0, 0.1) is 0 Å². The van der Waals surface area contributed by atoms with Crippen LogP contribution >= 0.6 is 11.6 Å². The Kier molecular flexibility index (Phi) is 5.24. The average molecular weight is 269 g/mol. The van der Waals surface area contributed by atoms with Crippen LogP contribution in [0.1, 0.15) is 5.56 Å². The van der Waals surface area contributed by atoms with Crippen LogP contribution in [0.5, 0.6) is 0 Å². The van der Waals surface area contributed by atoms with Crippen molar-refractivity contribution < 1.29 is 23.0 Å². The van der Waals surface area contributed by atoms with Crippen LogP contribution in [0.4, 0.5) is 13.2 Å². The minimum Gasteiger partial charge on any atom is -0.390 e. The normalized spacial score (nSPS) is 13.7. The lowest BCUT2D eigenvalue weighted by Crippen LogP contribution is -2.24. The number of alkyl halides is 3. The summed E-state index contributed by atoms with van der Waals surface area (Å²) in [4.78, 5) is 0. The molecule has 0 amide bonds. The van der Waals surface area contributed by atoms with Crippen molar-refractivity contribution in [1.82, 2.24) is 0 Å². The average Bonchev–Trinajstić information content (AvgIpc) is 2.19. The standard InChI is InChI=1S/C11H12ClF3O2/c12-10-4-2-1-3-8(10)5-9(16)6-17-7-11(13,14)15/h1-4,9,16H,5-7H2. The molecule has 6 heteroatoms. The third-order valence-electron chi connectivity index (χ3n) is 1.99. The maximum Gasteiger partial charge on any atom is 0.411 e. The highest BCUT2D eigenvalue weighted by Crippen LogP contribution is 2.18. The fourth-order valence-corrected chi connectivity index (χ4v) is 1.50. The second-order valence-electron chi connectivity index (χ2n) is 3.58. The fourth-order valence-electron chi connectivity index (χ4n) is 1.29. The van der Waals surface area contributed by atoms with Crippen molar-refractivity contribution in [2.75, 3.05) is 13.2 Å². The Balaban J connectivity index is 2.35. The monoisotopic (exact) mass is 268 g/mol. The van der Waals surface area contributed by atoms with Crippen molar-refractivity contribution in [3.05, 3.63) is 34.9 Å². The molecule has 0 aliphatic heterocycles. The first-order valence-corrected chi connectivity index (χ1v) is 5.32. The second kappa shape index (κ2) is 6.23. The van der Waals surface area contributed by atoms with Crippen molar-refractivity contribution in [3.63, 3.8) is 0 Å². The molecule has 0 bridgehead atoms. The Labute approximate surface area is 102 Å². The molecule has 0 aliphatic rings. The van der Waals surface area contributed by atoms with Gasteiger partial charge in [0.15, 0.2) is 0 Å². The van der Waals surface area contributed by atoms with Gasteiger partial charge in [0, 0.05) is 11.4 Å². The van der Waals surface area contributed by atoms with Crippen LogP contribution in [0.15, 0.2) is 24.3 Å². The SMILES string of the molecule is OC(COCC(F)(F)F)Cc1ccccc1Cl. The highest BCUT2D eigenvalue weighted by molar-refractivity contribution is 6.31. The molecule has 0 aromatic heterocycles. The maximum atomic E-state index is 11.8. The van der Waals surface area contributed by atoms with Gasteiger partial charge >= 0.3 is 6.18 Å². The van der Waals surface area contributed by atoms with Gasteiger partial charge in [0.2, 0.25) is 0 Å². The molecule has 1 aromatic carbocycles. The van der Waals surface area contributed by atoms with E-state index >= 15 is 0 Å². The van der Waals surface area contributed by atoms with Crippen LogP contribution in [0.25, 0.3) is 0 Å². The molecular weight excluding hydrogens is 257 g/mol. The number of aliphatic hydroxyl groups excluding tert-OH is 1. The van der Waals surface area contributed by atoms with Gasteiger partial charge in [-0.1, -0.05) is 29.8 Å². The van der Waals surface area contributed by atoms with Gasteiger partial charge in [-0.15, -0.1) is 0 Å². The van der Waals surface area contributed by atoms with E-state index in [-0.39, 0.29) is 13.0 Å². The summed E-state index contributed by atoms with van der Waals surface area (Å²) < 4.78 is 39.7. The van der Waals surface area contributed by atoms with E-state index in [1.165, 1.54) is 0 Å². The van der Waals surface area contributed by atoms with E-state index < -0.39 is 18.9 Å².